The molecule has 0 aliphatic heterocycles. The van der Waals surface area contributed by atoms with E-state index in [1.807, 2.05) is 26.0 Å². The summed E-state index contributed by atoms with van der Waals surface area (Å²) in [4.78, 5) is 16.6. The van der Waals surface area contributed by atoms with Crippen LogP contribution in [0.1, 0.15) is 27.2 Å². The Hall–Kier alpha value is -5.24. The van der Waals surface area contributed by atoms with Gasteiger partial charge in [-0.3, -0.25) is 4.57 Å². The van der Waals surface area contributed by atoms with Gasteiger partial charge in [0.05, 0.1) is 24.7 Å². The number of alkyl halides is 3. The van der Waals surface area contributed by atoms with Gasteiger partial charge in [-0.2, -0.15) is 5.10 Å². The molecule has 3 aromatic carbocycles. The van der Waals surface area contributed by atoms with E-state index in [-0.39, 0.29) is 11.4 Å². The van der Waals surface area contributed by atoms with E-state index in [0.717, 1.165) is 28.0 Å². The molecule has 0 aliphatic carbocycles. The predicted octanol–water partition coefficient (Wildman–Crippen LogP) is 5.94. The number of rotatable bonds is 8. The molecule has 43 heavy (non-hydrogen) atoms. The van der Waals surface area contributed by atoms with Crippen LogP contribution in [0.2, 0.25) is 0 Å². The summed E-state index contributed by atoms with van der Waals surface area (Å²) in [6, 6.07) is 16.1. The molecule has 0 fully saturated rings. The van der Waals surface area contributed by atoms with Crippen LogP contribution in [0.25, 0.3) is 22.8 Å². The molecule has 2 heterocycles. The molecule has 2 aromatic heterocycles. The number of thiazole rings is 1. The second kappa shape index (κ2) is 11.9. The van der Waals surface area contributed by atoms with Crippen LogP contribution in [0.15, 0.2) is 82.6 Å². The number of carboxylic acids is 1. The van der Waals surface area contributed by atoms with Crippen molar-refractivity contribution >= 4 is 23.5 Å². The summed E-state index contributed by atoms with van der Waals surface area (Å²) in [5, 5.41) is 24.2. The molecule has 1 N–H and O–H groups in total. The fourth-order valence-electron chi connectivity index (χ4n) is 4.32. The Balaban J connectivity index is 1.35. The average Bonchev–Trinajstić information content (AvgIpc) is 3.61. The fourth-order valence-corrected chi connectivity index (χ4v) is 5.13. The molecule has 0 aliphatic rings. The number of ether oxygens (including phenoxy) is 2. The number of aryl methyl sites for hydroxylation is 2. The van der Waals surface area contributed by atoms with Crippen LogP contribution in [0.4, 0.5) is 13.2 Å². The summed E-state index contributed by atoms with van der Waals surface area (Å²) in [5.74, 6) is -0.338. The van der Waals surface area contributed by atoms with Gasteiger partial charge in [-0.1, -0.05) is 24.3 Å². The molecule has 0 radical (unpaired) electrons. The number of nitrogens with zero attached hydrogens (tertiary/aromatic N) is 6. The molecular weight excluding hydrogens is 585 g/mol. The number of aromatic nitrogens is 4. The molecule has 0 atom stereocenters. The molecule has 0 amide bonds. The maximum absolute atomic E-state index is 12.4. The van der Waals surface area contributed by atoms with Crippen LogP contribution >= 0.6 is 11.3 Å². The number of aromatic carboxylic acids is 1. The second-order valence-electron chi connectivity index (χ2n) is 9.17. The minimum absolute atomic E-state index is 0.0668. The SMILES string of the molecule is COc1cc(C)c(-n2c(C(=O)O)cs/c2=N\N=Cc2ccc(-c3ncn(-c4ccc(OC(F)(F)F)cc4)n3)cc2)c(C)c1. The quantitative estimate of drug-likeness (QED) is 0.172. The number of methoxy groups -OCH3 is 1. The van der Waals surface area contributed by atoms with Gasteiger partial charge >= 0.3 is 12.3 Å². The third-order valence-corrected chi connectivity index (χ3v) is 7.01. The Morgan fingerprint density at radius 1 is 1.02 bits per heavy atom. The van der Waals surface area contributed by atoms with Crippen molar-refractivity contribution in [2.75, 3.05) is 7.11 Å². The van der Waals surface area contributed by atoms with E-state index in [0.29, 0.717) is 33.3 Å². The van der Waals surface area contributed by atoms with Gasteiger partial charge < -0.3 is 14.6 Å². The first-order valence-electron chi connectivity index (χ1n) is 12.6. The van der Waals surface area contributed by atoms with E-state index in [9.17, 15) is 23.1 Å². The molecule has 10 nitrogen and oxygen atoms in total. The van der Waals surface area contributed by atoms with Crippen LogP contribution in [0.5, 0.6) is 11.5 Å². The van der Waals surface area contributed by atoms with Gasteiger partial charge in [0.15, 0.2) is 5.82 Å². The Morgan fingerprint density at radius 2 is 1.70 bits per heavy atom. The maximum atomic E-state index is 12.4. The van der Waals surface area contributed by atoms with Crippen LogP contribution in [0.3, 0.4) is 0 Å². The molecule has 0 spiro atoms. The number of hydrogen-bond donors (Lipinski definition) is 1. The first-order chi connectivity index (χ1) is 20.5. The summed E-state index contributed by atoms with van der Waals surface area (Å²) in [6.45, 7) is 3.74. The van der Waals surface area contributed by atoms with Crippen molar-refractivity contribution in [1.29, 1.82) is 0 Å². The Morgan fingerprint density at radius 3 is 2.30 bits per heavy atom. The van der Waals surface area contributed by atoms with Gasteiger partial charge in [0, 0.05) is 10.9 Å². The Kier molecular flexibility index (Phi) is 8.12. The summed E-state index contributed by atoms with van der Waals surface area (Å²) in [7, 11) is 1.57. The zero-order valence-electron chi connectivity index (χ0n) is 22.9. The van der Waals surface area contributed by atoms with Crippen molar-refractivity contribution in [3.63, 3.8) is 0 Å². The molecule has 0 unspecified atom stereocenters. The lowest BCUT2D eigenvalue weighted by atomic mass is 10.1. The van der Waals surface area contributed by atoms with Gasteiger partial charge in [0.1, 0.15) is 23.5 Å². The highest BCUT2D eigenvalue weighted by atomic mass is 32.1. The topological polar surface area (TPSA) is 116 Å². The monoisotopic (exact) mass is 608 g/mol. The van der Waals surface area contributed by atoms with Crippen molar-refractivity contribution in [1.82, 2.24) is 19.3 Å². The summed E-state index contributed by atoms with van der Waals surface area (Å²) >= 11 is 1.16. The van der Waals surface area contributed by atoms with Crippen molar-refractivity contribution < 1.29 is 32.5 Å². The molecular formula is C29H23F3N6O4S. The minimum Gasteiger partial charge on any atom is -0.497 e. The number of benzene rings is 3. The first-order valence-corrected chi connectivity index (χ1v) is 13.4. The fraction of sp³-hybridized carbons (Fsp3) is 0.138. The molecule has 5 rings (SSSR count). The van der Waals surface area contributed by atoms with Crippen molar-refractivity contribution in [2.45, 2.75) is 20.2 Å². The van der Waals surface area contributed by atoms with Crippen LogP contribution in [-0.2, 0) is 0 Å². The van der Waals surface area contributed by atoms with E-state index < -0.39 is 12.3 Å². The highest BCUT2D eigenvalue weighted by Gasteiger charge is 2.31. The highest BCUT2D eigenvalue weighted by Crippen LogP contribution is 2.26. The van der Waals surface area contributed by atoms with E-state index >= 15 is 0 Å². The van der Waals surface area contributed by atoms with Crippen LogP contribution in [-0.4, -0.2) is 50.1 Å². The van der Waals surface area contributed by atoms with Gasteiger partial charge in [0.25, 0.3) is 0 Å². The third-order valence-electron chi connectivity index (χ3n) is 6.20. The van der Waals surface area contributed by atoms with E-state index in [1.54, 1.807) is 42.2 Å². The highest BCUT2D eigenvalue weighted by molar-refractivity contribution is 7.07. The lowest BCUT2D eigenvalue weighted by molar-refractivity contribution is -0.274. The molecule has 0 saturated carbocycles. The number of halogens is 3. The van der Waals surface area contributed by atoms with Crippen molar-refractivity contribution in [3.05, 3.63) is 99.6 Å². The zero-order valence-corrected chi connectivity index (χ0v) is 23.7. The Labute approximate surface area is 246 Å². The third kappa shape index (κ3) is 6.64. The second-order valence-corrected chi connectivity index (χ2v) is 10.0. The van der Waals surface area contributed by atoms with Crippen molar-refractivity contribution in [3.8, 4) is 34.3 Å². The minimum atomic E-state index is -4.77. The Bertz CT molecular complexity index is 1850. The first kappa shape index (κ1) is 29.3. The molecule has 0 bridgehead atoms. The average molecular weight is 609 g/mol. The van der Waals surface area contributed by atoms with E-state index in [1.165, 1.54) is 40.7 Å². The summed E-state index contributed by atoms with van der Waals surface area (Å²) in [6.07, 6.45) is -1.77. The summed E-state index contributed by atoms with van der Waals surface area (Å²) in [5.41, 5.74) is 4.34. The number of hydrogen-bond acceptors (Lipinski definition) is 8. The zero-order chi connectivity index (χ0) is 30.7. The predicted molar refractivity (Wildman–Crippen MR) is 153 cm³/mol. The smallest absolute Gasteiger partial charge is 0.497 e. The van der Waals surface area contributed by atoms with Gasteiger partial charge in [0.2, 0.25) is 4.80 Å². The van der Waals surface area contributed by atoms with Gasteiger partial charge in [-0.25, -0.2) is 14.5 Å². The lowest BCUT2D eigenvalue weighted by Crippen LogP contribution is -2.20. The molecule has 14 heteroatoms. The van der Waals surface area contributed by atoms with Gasteiger partial charge in [-0.05, 0) is 66.9 Å². The van der Waals surface area contributed by atoms with Crippen LogP contribution in [0, 0.1) is 13.8 Å². The molecule has 0 saturated heterocycles. The molecule has 220 valence electrons. The number of carboxylic acid groups (broad SMARTS) is 1. The normalized spacial score (nSPS) is 12.2. The van der Waals surface area contributed by atoms with Crippen LogP contribution < -0.4 is 14.3 Å². The molecule has 5 aromatic rings. The lowest BCUT2D eigenvalue weighted by Gasteiger charge is -2.14. The van der Waals surface area contributed by atoms with E-state index in [4.69, 9.17) is 4.74 Å². The number of carbonyl (C=O) groups is 1. The van der Waals surface area contributed by atoms with Crippen molar-refractivity contribution in [2.24, 2.45) is 10.2 Å². The van der Waals surface area contributed by atoms with Gasteiger partial charge in [-0.15, -0.1) is 34.7 Å². The van der Waals surface area contributed by atoms with E-state index in [2.05, 4.69) is 25.0 Å². The largest absolute Gasteiger partial charge is 0.573 e. The maximum Gasteiger partial charge on any atom is 0.573 e. The summed E-state index contributed by atoms with van der Waals surface area (Å²) < 4.78 is 49.4. The standard InChI is InChI=1S/C29H23F3N6O4S/c1-17-12-23(41-3)13-18(2)25(17)38-24(27(39)40)15-43-28(38)35-34-14-19-4-6-20(7-5-19)26-33-16-37(36-26)21-8-10-22(11-9-21)42-29(30,31)32/h4-16H,1-3H3,(H,39,40)/b34-14?,35-28-.